The average Bonchev–Trinajstić information content (AvgIpc) is 2.84. The molecule has 0 aliphatic rings. The van der Waals surface area contributed by atoms with Crippen LogP contribution in [-0.4, -0.2) is 30.9 Å². The van der Waals surface area contributed by atoms with E-state index >= 15 is 0 Å². The van der Waals surface area contributed by atoms with Crippen LogP contribution in [0.4, 0.5) is 0 Å². The number of amides is 1. The Balaban J connectivity index is 1.86. The van der Waals surface area contributed by atoms with E-state index in [4.69, 9.17) is 9.47 Å². The highest BCUT2D eigenvalue weighted by Gasteiger charge is 2.39. The second kappa shape index (κ2) is 10.7. The molecule has 0 bridgehead atoms. The highest BCUT2D eigenvalue weighted by atomic mass is 79.9. The quantitative estimate of drug-likeness (QED) is 0.262. The second-order valence-corrected chi connectivity index (χ2v) is 7.62. The first kappa shape index (κ1) is 23.2. The summed E-state index contributed by atoms with van der Waals surface area (Å²) in [6, 6.07) is 20.9. The maximum absolute atomic E-state index is 13.1. The lowest BCUT2D eigenvalue weighted by Crippen LogP contribution is -2.43. The van der Waals surface area contributed by atoms with Gasteiger partial charge in [-0.25, -0.2) is 5.43 Å². The minimum atomic E-state index is -1.91. The standard InChI is InChI=1S/C25H23BrN2O4/c1-3-14-32-23-16-21(26)18(15-22(23)31-2)17-27-28-24(29)25(30,19-10-6-4-7-11-19)20-12-8-5-9-13-20/h3-13,15-17,30H,1,14H2,2H3,(H,28,29)/b27-17-. The molecule has 3 aromatic rings. The minimum absolute atomic E-state index is 0.337. The normalized spacial score (nSPS) is 11.2. The van der Waals surface area contributed by atoms with Gasteiger partial charge in [-0.15, -0.1) is 0 Å². The third kappa shape index (κ3) is 5.07. The van der Waals surface area contributed by atoms with E-state index in [9.17, 15) is 9.90 Å². The highest BCUT2D eigenvalue weighted by Crippen LogP contribution is 2.33. The van der Waals surface area contributed by atoms with E-state index in [2.05, 4.69) is 33.0 Å². The van der Waals surface area contributed by atoms with Crippen LogP contribution in [0.25, 0.3) is 0 Å². The van der Waals surface area contributed by atoms with Gasteiger partial charge >= 0.3 is 0 Å². The number of carbonyl (C=O) groups is 1. The minimum Gasteiger partial charge on any atom is -0.493 e. The van der Waals surface area contributed by atoms with Crippen molar-refractivity contribution in [3.8, 4) is 11.5 Å². The number of halogens is 1. The van der Waals surface area contributed by atoms with Gasteiger partial charge in [0.15, 0.2) is 17.1 Å². The van der Waals surface area contributed by atoms with E-state index < -0.39 is 11.5 Å². The SMILES string of the molecule is C=CCOc1cc(Br)c(/C=N\NC(=O)C(O)(c2ccccc2)c2ccccc2)cc1OC. The Morgan fingerprint density at radius 2 is 1.69 bits per heavy atom. The van der Waals surface area contributed by atoms with Gasteiger partial charge in [0.2, 0.25) is 0 Å². The molecule has 3 aromatic carbocycles. The van der Waals surface area contributed by atoms with E-state index in [0.717, 1.165) is 0 Å². The van der Waals surface area contributed by atoms with Gasteiger partial charge in [0.25, 0.3) is 5.91 Å². The van der Waals surface area contributed by atoms with Crippen LogP contribution in [0.15, 0.2) is 95.0 Å². The van der Waals surface area contributed by atoms with Crippen molar-refractivity contribution in [2.45, 2.75) is 5.60 Å². The molecule has 6 nitrogen and oxygen atoms in total. The fraction of sp³-hybridized carbons (Fsp3) is 0.120. The predicted octanol–water partition coefficient (Wildman–Crippen LogP) is 4.41. The molecule has 2 N–H and O–H groups in total. The number of rotatable bonds is 9. The summed E-state index contributed by atoms with van der Waals surface area (Å²) in [5.41, 5.74) is 2.07. The number of nitrogens with zero attached hydrogens (tertiary/aromatic N) is 1. The van der Waals surface area contributed by atoms with E-state index in [-0.39, 0.29) is 0 Å². The topological polar surface area (TPSA) is 80.2 Å². The number of ether oxygens (including phenoxy) is 2. The first-order valence-corrected chi connectivity index (χ1v) is 10.6. The van der Waals surface area contributed by atoms with Crippen LogP contribution in [0.1, 0.15) is 16.7 Å². The molecule has 0 saturated heterocycles. The van der Waals surface area contributed by atoms with Crippen molar-refractivity contribution in [2.75, 3.05) is 13.7 Å². The number of hydrogen-bond donors (Lipinski definition) is 2. The maximum atomic E-state index is 13.1. The molecule has 0 aliphatic heterocycles. The average molecular weight is 495 g/mol. The molecule has 0 radical (unpaired) electrons. The third-order valence-corrected chi connectivity index (χ3v) is 5.41. The Kier molecular flexibility index (Phi) is 7.81. The Bertz CT molecular complexity index is 1060. The van der Waals surface area contributed by atoms with Gasteiger partial charge in [0, 0.05) is 10.0 Å². The summed E-state index contributed by atoms with van der Waals surface area (Å²) in [6.45, 7) is 3.97. The summed E-state index contributed by atoms with van der Waals surface area (Å²) in [5.74, 6) is 0.371. The van der Waals surface area contributed by atoms with Gasteiger partial charge < -0.3 is 14.6 Å². The number of hydrogen-bond acceptors (Lipinski definition) is 5. The lowest BCUT2D eigenvalue weighted by molar-refractivity contribution is -0.136. The number of carbonyl (C=O) groups excluding carboxylic acids is 1. The molecule has 0 atom stereocenters. The summed E-state index contributed by atoms with van der Waals surface area (Å²) in [7, 11) is 1.53. The largest absolute Gasteiger partial charge is 0.493 e. The molecule has 0 aliphatic carbocycles. The molecule has 0 aromatic heterocycles. The van der Waals surface area contributed by atoms with Crippen molar-refractivity contribution >= 4 is 28.1 Å². The summed E-state index contributed by atoms with van der Waals surface area (Å²) >= 11 is 3.47. The number of benzene rings is 3. The number of nitrogens with one attached hydrogen (secondary N) is 1. The fourth-order valence-corrected chi connectivity index (χ4v) is 3.52. The Morgan fingerprint density at radius 1 is 1.09 bits per heavy atom. The van der Waals surface area contributed by atoms with Crippen LogP contribution in [0.5, 0.6) is 11.5 Å². The maximum Gasteiger partial charge on any atom is 0.281 e. The van der Waals surface area contributed by atoms with E-state index in [1.807, 2.05) is 12.1 Å². The summed E-state index contributed by atoms with van der Waals surface area (Å²) in [5, 5.41) is 15.5. The Hall–Kier alpha value is -3.42. The number of aliphatic hydroxyl groups is 1. The van der Waals surface area contributed by atoms with E-state index in [1.165, 1.54) is 13.3 Å². The van der Waals surface area contributed by atoms with Crippen LogP contribution in [0, 0.1) is 0 Å². The van der Waals surface area contributed by atoms with Gasteiger partial charge in [-0.1, -0.05) is 73.3 Å². The molecule has 164 valence electrons. The first-order chi connectivity index (χ1) is 15.5. The van der Waals surface area contributed by atoms with Crippen molar-refractivity contribution in [1.82, 2.24) is 5.43 Å². The van der Waals surface area contributed by atoms with Crippen molar-refractivity contribution in [1.29, 1.82) is 0 Å². The summed E-state index contributed by atoms with van der Waals surface area (Å²) in [4.78, 5) is 13.1. The van der Waals surface area contributed by atoms with Gasteiger partial charge in [-0.3, -0.25) is 4.79 Å². The molecule has 0 unspecified atom stereocenters. The molecular formula is C25H23BrN2O4. The second-order valence-electron chi connectivity index (χ2n) is 6.77. The van der Waals surface area contributed by atoms with Crippen molar-refractivity contribution < 1.29 is 19.4 Å². The predicted molar refractivity (Wildman–Crippen MR) is 128 cm³/mol. The smallest absolute Gasteiger partial charge is 0.281 e. The molecule has 0 spiro atoms. The van der Waals surface area contributed by atoms with Crippen LogP contribution in [-0.2, 0) is 10.4 Å². The van der Waals surface area contributed by atoms with Crippen molar-refractivity contribution in [3.63, 3.8) is 0 Å². The molecule has 3 rings (SSSR count). The third-order valence-electron chi connectivity index (χ3n) is 4.72. The molecule has 7 heteroatoms. The lowest BCUT2D eigenvalue weighted by atomic mass is 9.85. The fourth-order valence-electron chi connectivity index (χ4n) is 3.10. The Morgan fingerprint density at radius 3 is 2.22 bits per heavy atom. The zero-order valence-electron chi connectivity index (χ0n) is 17.5. The monoisotopic (exact) mass is 494 g/mol. The van der Waals surface area contributed by atoms with Crippen LogP contribution >= 0.6 is 15.9 Å². The molecule has 0 fully saturated rings. The van der Waals surface area contributed by atoms with Crippen LogP contribution in [0.3, 0.4) is 0 Å². The first-order valence-electron chi connectivity index (χ1n) is 9.78. The lowest BCUT2D eigenvalue weighted by Gasteiger charge is -2.27. The molecule has 0 heterocycles. The zero-order valence-corrected chi connectivity index (χ0v) is 19.1. The van der Waals surface area contributed by atoms with Gasteiger partial charge in [-0.05, 0) is 39.2 Å². The van der Waals surface area contributed by atoms with Gasteiger partial charge in [-0.2, -0.15) is 5.10 Å². The van der Waals surface area contributed by atoms with Crippen molar-refractivity contribution in [3.05, 3.63) is 107 Å². The summed E-state index contributed by atoms with van der Waals surface area (Å²) in [6.07, 6.45) is 3.09. The van der Waals surface area contributed by atoms with Crippen LogP contribution in [0.2, 0.25) is 0 Å². The van der Waals surface area contributed by atoms with E-state index in [0.29, 0.717) is 39.3 Å². The molecule has 0 saturated carbocycles. The zero-order chi connectivity index (χ0) is 23.0. The number of hydrazone groups is 1. The number of methoxy groups -OCH3 is 1. The molecule has 32 heavy (non-hydrogen) atoms. The summed E-state index contributed by atoms with van der Waals surface area (Å²) < 4.78 is 11.6. The molecular weight excluding hydrogens is 472 g/mol. The van der Waals surface area contributed by atoms with Gasteiger partial charge in [0.05, 0.1) is 13.3 Å². The molecule has 1 amide bonds. The highest BCUT2D eigenvalue weighted by molar-refractivity contribution is 9.10. The van der Waals surface area contributed by atoms with Crippen molar-refractivity contribution in [2.24, 2.45) is 5.10 Å². The van der Waals surface area contributed by atoms with Crippen LogP contribution < -0.4 is 14.9 Å². The Labute approximate surface area is 195 Å². The van der Waals surface area contributed by atoms with E-state index in [1.54, 1.807) is 66.7 Å². The van der Waals surface area contributed by atoms with Gasteiger partial charge in [0.1, 0.15) is 6.61 Å².